The molecule has 76 valence electrons. The van der Waals surface area contributed by atoms with Gasteiger partial charge in [-0.15, -0.1) is 0 Å². The van der Waals surface area contributed by atoms with Crippen molar-refractivity contribution in [2.75, 3.05) is 19.6 Å². The van der Waals surface area contributed by atoms with Crippen LogP contribution in [0.2, 0.25) is 0 Å². The van der Waals surface area contributed by atoms with Gasteiger partial charge < -0.3 is 10.0 Å². The van der Waals surface area contributed by atoms with Gasteiger partial charge in [0.25, 0.3) is 0 Å². The van der Waals surface area contributed by atoms with Crippen LogP contribution in [0, 0.1) is 5.92 Å². The van der Waals surface area contributed by atoms with Gasteiger partial charge >= 0.3 is 5.97 Å². The second-order valence-corrected chi connectivity index (χ2v) is 3.83. The summed E-state index contributed by atoms with van der Waals surface area (Å²) < 4.78 is 0. The molecule has 0 atom stereocenters. The van der Waals surface area contributed by atoms with Gasteiger partial charge in [-0.25, -0.2) is 0 Å². The molecule has 0 radical (unpaired) electrons. The molecule has 0 aromatic rings. The van der Waals surface area contributed by atoms with E-state index >= 15 is 0 Å². The van der Waals surface area contributed by atoms with Gasteiger partial charge in [-0.2, -0.15) is 0 Å². The van der Waals surface area contributed by atoms with E-state index in [0.29, 0.717) is 6.42 Å². The summed E-state index contributed by atoms with van der Waals surface area (Å²) in [5, 5.41) is 8.47. The highest BCUT2D eigenvalue weighted by atomic mass is 16.4. The summed E-state index contributed by atoms with van der Waals surface area (Å²) in [5.74, 6) is 0.229. The standard InChI is InChI=1S/C10H19NO2/c1-2-11(8-9-5-6-9)7-3-4-10(12)13/h9H,2-8H2,1H3,(H,12,13). The Kier molecular flexibility index (Phi) is 4.22. The van der Waals surface area contributed by atoms with E-state index in [1.165, 1.54) is 19.4 Å². The van der Waals surface area contributed by atoms with E-state index in [9.17, 15) is 4.79 Å². The van der Waals surface area contributed by atoms with Gasteiger partial charge in [0.15, 0.2) is 0 Å². The summed E-state index contributed by atoms with van der Waals surface area (Å²) in [6.07, 6.45) is 3.84. The molecule has 1 fully saturated rings. The predicted octanol–water partition coefficient (Wildman–Crippen LogP) is 1.58. The first kappa shape index (κ1) is 10.5. The topological polar surface area (TPSA) is 40.5 Å². The van der Waals surface area contributed by atoms with Crippen LogP contribution in [0.5, 0.6) is 0 Å². The van der Waals surface area contributed by atoms with Gasteiger partial charge in [0.05, 0.1) is 0 Å². The van der Waals surface area contributed by atoms with E-state index in [4.69, 9.17) is 5.11 Å². The zero-order valence-electron chi connectivity index (χ0n) is 8.33. The van der Waals surface area contributed by atoms with Crippen LogP contribution in [0.3, 0.4) is 0 Å². The number of carboxylic acids is 1. The molecule has 0 saturated heterocycles. The van der Waals surface area contributed by atoms with Crippen molar-refractivity contribution < 1.29 is 9.90 Å². The number of hydrogen-bond acceptors (Lipinski definition) is 2. The number of aliphatic carboxylic acids is 1. The number of rotatable bonds is 7. The van der Waals surface area contributed by atoms with Crippen LogP contribution in [0.1, 0.15) is 32.6 Å². The smallest absolute Gasteiger partial charge is 0.303 e. The second-order valence-electron chi connectivity index (χ2n) is 3.83. The largest absolute Gasteiger partial charge is 0.481 e. The number of hydrogen-bond donors (Lipinski definition) is 1. The van der Waals surface area contributed by atoms with Crippen LogP contribution in [-0.4, -0.2) is 35.6 Å². The average Bonchev–Trinajstić information content (AvgIpc) is 2.86. The highest BCUT2D eigenvalue weighted by Crippen LogP contribution is 2.29. The summed E-state index contributed by atoms with van der Waals surface area (Å²) >= 11 is 0. The molecule has 0 aromatic heterocycles. The van der Waals surface area contributed by atoms with Gasteiger partial charge in [-0.3, -0.25) is 4.79 Å². The van der Waals surface area contributed by atoms with Crippen LogP contribution in [0.4, 0.5) is 0 Å². The van der Waals surface area contributed by atoms with Crippen molar-refractivity contribution in [3.63, 3.8) is 0 Å². The minimum Gasteiger partial charge on any atom is -0.481 e. The third-order valence-electron chi connectivity index (χ3n) is 2.53. The van der Waals surface area contributed by atoms with Crippen LogP contribution in [0.15, 0.2) is 0 Å². The van der Waals surface area contributed by atoms with E-state index in [2.05, 4.69) is 11.8 Å². The normalized spacial score (nSPS) is 16.5. The van der Waals surface area contributed by atoms with Crippen LogP contribution >= 0.6 is 0 Å². The first-order valence-corrected chi connectivity index (χ1v) is 5.16. The summed E-state index contributed by atoms with van der Waals surface area (Å²) in [4.78, 5) is 12.6. The molecule has 3 nitrogen and oxygen atoms in total. The minimum absolute atomic E-state index is 0.307. The van der Waals surface area contributed by atoms with Crippen molar-refractivity contribution in [1.29, 1.82) is 0 Å². The van der Waals surface area contributed by atoms with Gasteiger partial charge in [-0.05, 0) is 38.3 Å². The Morgan fingerprint density at radius 1 is 1.54 bits per heavy atom. The fraction of sp³-hybridized carbons (Fsp3) is 0.900. The molecule has 1 rings (SSSR count). The molecular formula is C10H19NO2. The number of carboxylic acid groups (broad SMARTS) is 1. The number of nitrogens with zero attached hydrogens (tertiary/aromatic N) is 1. The monoisotopic (exact) mass is 185 g/mol. The summed E-state index contributed by atoms with van der Waals surface area (Å²) in [7, 11) is 0. The summed E-state index contributed by atoms with van der Waals surface area (Å²) in [6, 6.07) is 0. The van der Waals surface area contributed by atoms with Crippen molar-refractivity contribution in [2.24, 2.45) is 5.92 Å². The van der Waals surface area contributed by atoms with Crippen molar-refractivity contribution in [1.82, 2.24) is 4.90 Å². The van der Waals surface area contributed by atoms with Crippen molar-refractivity contribution in [2.45, 2.75) is 32.6 Å². The first-order valence-electron chi connectivity index (χ1n) is 5.16. The Bertz CT molecular complexity index is 166. The maximum Gasteiger partial charge on any atom is 0.303 e. The van der Waals surface area contributed by atoms with Gasteiger partial charge in [0.1, 0.15) is 0 Å². The Morgan fingerprint density at radius 3 is 2.69 bits per heavy atom. The summed E-state index contributed by atoms with van der Waals surface area (Å²) in [6.45, 7) is 5.31. The molecule has 1 aliphatic carbocycles. The molecular weight excluding hydrogens is 166 g/mol. The molecule has 1 saturated carbocycles. The summed E-state index contributed by atoms with van der Waals surface area (Å²) in [5.41, 5.74) is 0. The molecule has 0 aromatic carbocycles. The molecule has 0 bridgehead atoms. The minimum atomic E-state index is -0.678. The van der Waals surface area contributed by atoms with Crippen molar-refractivity contribution in [3.05, 3.63) is 0 Å². The molecule has 1 N–H and O–H groups in total. The maximum atomic E-state index is 10.3. The molecule has 0 spiro atoms. The molecule has 0 amide bonds. The lowest BCUT2D eigenvalue weighted by Crippen LogP contribution is -2.27. The van der Waals surface area contributed by atoms with E-state index in [1.54, 1.807) is 0 Å². The van der Waals surface area contributed by atoms with E-state index < -0.39 is 5.97 Å². The predicted molar refractivity (Wildman–Crippen MR) is 51.7 cm³/mol. The lowest BCUT2D eigenvalue weighted by Gasteiger charge is -2.19. The van der Waals surface area contributed by atoms with Crippen molar-refractivity contribution >= 4 is 5.97 Å². The van der Waals surface area contributed by atoms with Crippen LogP contribution in [-0.2, 0) is 4.79 Å². The van der Waals surface area contributed by atoms with Crippen molar-refractivity contribution in [3.8, 4) is 0 Å². The molecule has 3 heteroatoms. The maximum absolute atomic E-state index is 10.3. The van der Waals surface area contributed by atoms with Gasteiger partial charge in [0.2, 0.25) is 0 Å². The highest BCUT2D eigenvalue weighted by molar-refractivity contribution is 5.66. The Balaban J connectivity index is 2.04. The Labute approximate surface area is 79.7 Å². The fourth-order valence-corrected chi connectivity index (χ4v) is 1.50. The third kappa shape index (κ3) is 4.88. The molecule has 1 aliphatic rings. The van der Waals surface area contributed by atoms with E-state index in [0.717, 1.165) is 25.4 Å². The second kappa shape index (κ2) is 5.22. The Morgan fingerprint density at radius 2 is 2.23 bits per heavy atom. The van der Waals surface area contributed by atoms with E-state index in [1.807, 2.05) is 0 Å². The zero-order valence-corrected chi connectivity index (χ0v) is 8.33. The van der Waals surface area contributed by atoms with Gasteiger partial charge in [0, 0.05) is 13.0 Å². The fourth-order valence-electron chi connectivity index (χ4n) is 1.50. The zero-order chi connectivity index (χ0) is 9.68. The van der Waals surface area contributed by atoms with Crippen LogP contribution in [0.25, 0.3) is 0 Å². The lowest BCUT2D eigenvalue weighted by atomic mass is 10.2. The van der Waals surface area contributed by atoms with E-state index in [-0.39, 0.29) is 0 Å². The SMILES string of the molecule is CCN(CCCC(=O)O)CC1CC1. The quantitative estimate of drug-likeness (QED) is 0.654. The molecule has 0 heterocycles. The Hall–Kier alpha value is -0.570. The first-order chi connectivity index (χ1) is 6.22. The molecule has 13 heavy (non-hydrogen) atoms. The molecule has 0 aliphatic heterocycles. The third-order valence-corrected chi connectivity index (χ3v) is 2.53. The molecule has 0 unspecified atom stereocenters. The van der Waals surface area contributed by atoms with Crippen LogP contribution < -0.4 is 0 Å². The lowest BCUT2D eigenvalue weighted by molar-refractivity contribution is -0.137. The average molecular weight is 185 g/mol. The number of carbonyl (C=O) groups is 1. The highest BCUT2D eigenvalue weighted by Gasteiger charge is 2.23. The van der Waals surface area contributed by atoms with Gasteiger partial charge in [-0.1, -0.05) is 6.92 Å².